The molecule has 0 aliphatic carbocycles. The Kier molecular flexibility index (Phi) is 3.82. The van der Waals surface area contributed by atoms with Gasteiger partial charge in [0.15, 0.2) is 5.82 Å². The molecule has 2 aliphatic heterocycles. The molecule has 0 bridgehead atoms. The molecule has 6 nitrogen and oxygen atoms in total. The van der Waals surface area contributed by atoms with E-state index in [1.807, 2.05) is 28.6 Å². The van der Waals surface area contributed by atoms with Crippen LogP contribution in [0.3, 0.4) is 0 Å². The maximum absolute atomic E-state index is 13.0. The van der Waals surface area contributed by atoms with E-state index in [1.165, 1.54) is 4.90 Å². The molecule has 0 unspecified atom stereocenters. The summed E-state index contributed by atoms with van der Waals surface area (Å²) in [5, 5.41) is 8.01. The lowest BCUT2D eigenvalue weighted by molar-refractivity contribution is -0.140. The van der Waals surface area contributed by atoms with E-state index in [9.17, 15) is 4.79 Å². The van der Waals surface area contributed by atoms with Crippen molar-refractivity contribution in [3.8, 4) is 0 Å². The number of rotatable bonds is 2. The summed E-state index contributed by atoms with van der Waals surface area (Å²) in [5.74, 6) is 1.74. The van der Waals surface area contributed by atoms with Crippen molar-refractivity contribution in [3.63, 3.8) is 0 Å². The van der Waals surface area contributed by atoms with Crippen LogP contribution in [-0.4, -0.2) is 51.0 Å². The number of ether oxygens (including phenoxy) is 1. The van der Waals surface area contributed by atoms with Crippen LogP contribution >= 0.6 is 11.8 Å². The van der Waals surface area contributed by atoms with Crippen LogP contribution in [0, 0.1) is 0 Å². The highest BCUT2D eigenvalue weighted by atomic mass is 32.2. The number of carbonyl (C=O) groups is 1. The Morgan fingerprint density at radius 1 is 1.39 bits per heavy atom. The van der Waals surface area contributed by atoms with Gasteiger partial charge in [-0.15, -0.1) is 22.0 Å². The second kappa shape index (κ2) is 5.98. The fraction of sp³-hybridized carbons (Fsp3) is 0.438. The Morgan fingerprint density at radius 2 is 2.26 bits per heavy atom. The van der Waals surface area contributed by atoms with Crippen molar-refractivity contribution in [1.82, 2.24) is 19.7 Å². The SMILES string of the molecule is Cn1cnnc1[C@H]1CN(C(=O)[C@@H]2CSc3ccccc32)CCO1. The molecule has 23 heavy (non-hydrogen) atoms. The van der Waals surface area contributed by atoms with Gasteiger partial charge in [0.2, 0.25) is 5.91 Å². The molecule has 1 aromatic carbocycles. The van der Waals surface area contributed by atoms with Crippen molar-refractivity contribution >= 4 is 17.7 Å². The predicted octanol–water partition coefficient (Wildman–Crippen LogP) is 1.60. The van der Waals surface area contributed by atoms with Crippen molar-refractivity contribution in [2.75, 3.05) is 25.4 Å². The molecule has 120 valence electrons. The van der Waals surface area contributed by atoms with E-state index in [4.69, 9.17) is 4.74 Å². The van der Waals surface area contributed by atoms with Crippen LogP contribution in [0.15, 0.2) is 35.5 Å². The van der Waals surface area contributed by atoms with E-state index in [0.717, 1.165) is 17.1 Å². The van der Waals surface area contributed by atoms with Crippen molar-refractivity contribution < 1.29 is 9.53 Å². The Bertz CT molecular complexity index is 732. The van der Waals surface area contributed by atoms with Crippen LogP contribution in [-0.2, 0) is 16.6 Å². The van der Waals surface area contributed by atoms with E-state index in [0.29, 0.717) is 19.7 Å². The molecule has 2 atom stereocenters. The summed E-state index contributed by atoms with van der Waals surface area (Å²) in [6.45, 7) is 1.70. The molecule has 1 amide bonds. The molecule has 1 fully saturated rings. The lowest BCUT2D eigenvalue weighted by Crippen LogP contribution is -2.45. The van der Waals surface area contributed by atoms with Gasteiger partial charge < -0.3 is 14.2 Å². The van der Waals surface area contributed by atoms with Gasteiger partial charge in [-0.1, -0.05) is 18.2 Å². The first-order valence-corrected chi connectivity index (χ1v) is 8.68. The Labute approximate surface area is 138 Å². The molecule has 2 aromatic rings. The number of thioether (sulfide) groups is 1. The van der Waals surface area contributed by atoms with Gasteiger partial charge in [0.05, 0.1) is 19.1 Å². The van der Waals surface area contributed by atoms with Gasteiger partial charge in [0.25, 0.3) is 0 Å². The summed E-state index contributed by atoms with van der Waals surface area (Å²) < 4.78 is 7.64. The normalized spacial score (nSPS) is 23.8. The van der Waals surface area contributed by atoms with E-state index in [-0.39, 0.29) is 17.9 Å². The number of carbonyl (C=O) groups excluding carboxylic acids is 1. The summed E-state index contributed by atoms with van der Waals surface area (Å²) in [5.41, 5.74) is 1.16. The summed E-state index contributed by atoms with van der Waals surface area (Å²) in [6, 6.07) is 8.19. The van der Waals surface area contributed by atoms with Crippen molar-refractivity contribution in [2.45, 2.75) is 16.9 Å². The van der Waals surface area contributed by atoms with Crippen LogP contribution in [0.5, 0.6) is 0 Å². The van der Waals surface area contributed by atoms with E-state index in [2.05, 4.69) is 22.3 Å². The summed E-state index contributed by atoms with van der Waals surface area (Å²) in [4.78, 5) is 16.1. The molecule has 0 N–H and O–H groups in total. The van der Waals surface area contributed by atoms with Crippen LogP contribution in [0.2, 0.25) is 0 Å². The lowest BCUT2D eigenvalue weighted by atomic mass is 9.99. The summed E-state index contributed by atoms with van der Waals surface area (Å²) >= 11 is 1.76. The Hall–Kier alpha value is -1.86. The first kappa shape index (κ1) is 14.7. The number of fused-ring (bicyclic) bond motifs is 1. The fourth-order valence-corrected chi connectivity index (χ4v) is 4.40. The lowest BCUT2D eigenvalue weighted by Gasteiger charge is -2.34. The molecule has 4 rings (SSSR count). The highest BCUT2D eigenvalue weighted by Crippen LogP contribution is 2.40. The van der Waals surface area contributed by atoms with Crippen LogP contribution in [0.1, 0.15) is 23.4 Å². The molecule has 1 aromatic heterocycles. The molecule has 0 radical (unpaired) electrons. The number of aromatic nitrogens is 3. The van der Waals surface area contributed by atoms with Crippen molar-refractivity contribution in [2.24, 2.45) is 7.05 Å². The Morgan fingerprint density at radius 3 is 3.09 bits per heavy atom. The monoisotopic (exact) mass is 330 g/mol. The third-order valence-electron chi connectivity index (χ3n) is 4.41. The second-order valence-electron chi connectivity index (χ2n) is 5.85. The topological polar surface area (TPSA) is 60.2 Å². The fourth-order valence-electron chi connectivity index (χ4n) is 3.18. The first-order valence-electron chi connectivity index (χ1n) is 7.70. The van der Waals surface area contributed by atoms with E-state index in [1.54, 1.807) is 18.1 Å². The number of morpholine rings is 1. The highest BCUT2D eigenvalue weighted by Gasteiger charge is 2.35. The van der Waals surface area contributed by atoms with Crippen LogP contribution in [0.25, 0.3) is 0 Å². The minimum absolute atomic E-state index is 0.0468. The molecular weight excluding hydrogens is 312 g/mol. The quantitative estimate of drug-likeness (QED) is 0.837. The number of aryl methyl sites for hydroxylation is 1. The third-order valence-corrected chi connectivity index (χ3v) is 5.59. The zero-order valence-corrected chi connectivity index (χ0v) is 13.7. The number of nitrogens with zero attached hydrogens (tertiary/aromatic N) is 4. The van der Waals surface area contributed by atoms with E-state index < -0.39 is 0 Å². The number of hydrogen-bond donors (Lipinski definition) is 0. The van der Waals surface area contributed by atoms with Gasteiger partial charge in [-0.2, -0.15) is 0 Å². The molecule has 3 heterocycles. The number of hydrogen-bond acceptors (Lipinski definition) is 5. The zero-order chi connectivity index (χ0) is 15.8. The maximum Gasteiger partial charge on any atom is 0.231 e. The standard InChI is InChI=1S/C16H18N4O2S/c1-19-10-17-18-15(19)13-8-20(6-7-22-13)16(21)12-9-23-14-5-3-2-4-11(12)14/h2-5,10,12-13H,6-9H2,1H3/t12-,13-/m1/s1. The van der Waals surface area contributed by atoms with Gasteiger partial charge in [-0.3, -0.25) is 4.79 Å². The summed E-state index contributed by atoms with van der Waals surface area (Å²) in [7, 11) is 1.89. The highest BCUT2D eigenvalue weighted by molar-refractivity contribution is 7.99. The average Bonchev–Trinajstić information content (AvgIpc) is 3.20. The van der Waals surface area contributed by atoms with E-state index >= 15 is 0 Å². The molecule has 0 saturated carbocycles. The van der Waals surface area contributed by atoms with Crippen molar-refractivity contribution in [1.29, 1.82) is 0 Å². The van der Waals surface area contributed by atoms with Crippen molar-refractivity contribution in [3.05, 3.63) is 42.0 Å². The first-order chi connectivity index (χ1) is 11.2. The van der Waals surface area contributed by atoms with Gasteiger partial charge in [-0.05, 0) is 11.6 Å². The predicted molar refractivity (Wildman–Crippen MR) is 86.2 cm³/mol. The van der Waals surface area contributed by atoms with Gasteiger partial charge >= 0.3 is 0 Å². The minimum atomic E-state index is -0.204. The molecular formula is C16H18N4O2S. The second-order valence-corrected chi connectivity index (χ2v) is 6.91. The third kappa shape index (κ3) is 2.64. The molecule has 7 heteroatoms. The maximum atomic E-state index is 13.0. The molecule has 1 saturated heterocycles. The number of benzene rings is 1. The van der Waals surface area contributed by atoms with Gasteiger partial charge in [0.1, 0.15) is 12.4 Å². The Balaban J connectivity index is 1.52. The minimum Gasteiger partial charge on any atom is -0.366 e. The largest absolute Gasteiger partial charge is 0.366 e. The zero-order valence-electron chi connectivity index (χ0n) is 12.9. The molecule has 2 aliphatic rings. The van der Waals surface area contributed by atoms with Crippen LogP contribution < -0.4 is 0 Å². The van der Waals surface area contributed by atoms with Gasteiger partial charge in [0, 0.05) is 24.2 Å². The average molecular weight is 330 g/mol. The summed E-state index contributed by atoms with van der Waals surface area (Å²) in [6.07, 6.45) is 1.45. The number of amides is 1. The smallest absolute Gasteiger partial charge is 0.231 e. The molecule has 0 spiro atoms. The van der Waals surface area contributed by atoms with Crippen LogP contribution in [0.4, 0.5) is 0 Å². The van der Waals surface area contributed by atoms with Gasteiger partial charge in [-0.25, -0.2) is 0 Å².